The van der Waals surface area contributed by atoms with E-state index in [0.717, 1.165) is 20.7 Å². The number of hydrogen-bond donors (Lipinski definition) is 2. The van der Waals surface area contributed by atoms with E-state index in [1.807, 2.05) is 24.3 Å². The Kier molecular flexibility index (Phi) is 4.84. The molecule has 0 bridgehead atoms. The zero-order chi connectivity index (χ0) is 18.6. The fourth-order valence-corrected chi connectivity index (χ4v) is 3.73. The minimum Gasteiger partial charge on any atom is -0.467 e. The lowest BCUT2D eigenvalue weighted by atomic mass is 10.2. The monoisotopic (exact) mass is 378 g/mol. The van der Waals surface area contributed by atoms with Gasteiger partial charge in [0.25, 0.3) is 0 Å². The fraction of sp³-hybridized carbons (Fsp3) is 0.150. The van der Waals surface area contributed by atoms with Gasteiger partial charge in [-0.3, -0.25) is 4.79 Å². The number of hydrogen-bond acceptors (Lipinski definition) is 6. The van der Waals surface area contributed by atoms with Gasteiger partial charge in [-0.15, -0.1) is 11.3 Å². The molecule has 0 saturated carbocycles. The summed E-state index contributed by atoms with van der Waals surface area (Å²) in [5.74, 6) is 1.24. The van der Waals surface area contributed by atoms with Gasteiger partial charge in [-0.25, -0.2) is 9.97 Å². The van der Waals surface area contributed by atoms with Gasteiger partial charge >= 0.3 is 0 Å². The van der Waals surface area contributed by atoms with Crippen molar-refractivity contribution in [2.45, 2.75) is 19.5 Å². The largest absolute Gasteiger partial charge is 0.467 e. The van der Waals surface area contributed by atoms with Crippen LogP contribution in [0.4, 0.5) is 5.82 Å². The van der Waals surface area contributed by atoms with Gasteiger partial charge in [-0.2, -0.15) is 0 Å². The third-order valence-corrected chi connectivity index (χ3v) is 5.24. The molecule has 2 N–H and O–H groups in total. The van der Waals surface area contributed by atoms with Gasteiger partial charge in [-0.05, 0) is 30.7 Å². The lowest BCUT2D eigenvalue weighted by Gasteiger charge is -2.14. The van der Waals surface area contributed by atoms with Gasteiger partial charge < -0.3 is 15.1 Å². The van der Waals surface area contributed by atoms with Crippen LogP contribution in [0.5, 0.6) is 0 Å². The van der Waals surface area contributed by atoms with E-state index in [1.54, 1.807) is 30.6 Å². The van der Waals surface area contributed by atoms with E-state index in [9.17, 15) is 4.79 Å². The van der Waals surface area contributed by atoms with Crippen LogP contribution in [0, 0.1) is 0 Å². The van der Waals surface area contributed by atoms with Crippen molar-refractivity contribution in [3.8, 4) is 10.4 Å². The fourth-order valence-electron chi connectivity index (χ4n) is 2.73. The highest BCUT2D eigenvalue weighted by Crippen LogP contribution is 2.34. The molecule has 4 rings (SSSR count). The predicted octanol–water partition coefficient (Wildman–Crippen LogP) is 4.07. The quantitative estimate of drug-likeness (QED) is 0.529. The number of amides is 1. The van der Waals surface area contributed by atoms with E-state index in [4.69, 9.17) is 4.42 Å². The molecule has 1 aromatic carbocycles. The second-order valence-electron chi connectivity index (χ2n) is 6.08. The number of carbonyl (C=O) groups is 1. The molecule has 27 heavy (non-hydrogen) atoms. The summed E-state index contributed by atoms with van der Waals surface area (Å²) in [6, 6.07) is 15.4. The first kappa shape index (κ1) is 17.2. The number of nitrogens with one attached hydrogen (secondary N) is 2. The molecule has 1 amide bonds. The molecular formula is C20H18N4O2S. The number of aromatic nitrogens is 2. The van der Waals surface area contributed by atoms with Crippen molar-refractivity contribution in [3.05, 3.63) is 66.9 Å². The maximum atomic E-state index is 12.3. The van der Waals surface area contributed by atoms with Gasteiger partial charge in [0.2, 0.25) is 5.91 Å². The minimum atomic E-state index is -0.446. The van der Waals surface area contributed by atoms with Crippen molar-refractivity contribution in [2.75, 3.05) is 5.32 Å². The van der Waals surface area contributed by atoms with Gasteiger partial charge in [-0.1, -0.05) is 30.3 Å². The second-order valence-corrected chi connectivity index (χ2v) is 7.11. The van der Waals surface area contributed by atoms with Crippen LogP contribution in [0.15, 0.2) is 65.5 Å². The number of nitrogens with zero attached hydrogens (tertiary/aromatic N) is 2. The number of thiophene rings is 1. The normalized spacial score (nSPS) is 12.0. The maximum absolute atomic E-state index is 12.3. The summed E-state index contributed by atoms with van der Waals surface area (Å²) in [4.78, 5) is 23.0. The molecule has 3 aromatic heterocycles. The third kappa shape index (κ3) is 3.83. The molecule has 3 heterocycles. The Morgan fingerprint density at radius 3 is 2.81 bits per heavy atom. The lowest BCUT2D eigenvalue weighted by Crippen LogP contribution is -2.37. The lowest BCUT2D eigenvalue weighted by molar-refractivity contribution is -0.121. The van der Waals surface area contributed by atoms with E-state index >= 15 is 0 Å². The summed E-state index contributed by atoms with van der Waals surface area (Å²) < 4.78 is 5.23. The summed E-state index contributed by atoms with van der Waals surface area (Å²) in [5, 5.41) is 6.95. The molecule has 0 spiro atoms. The summed E-state index contributed by atoms with van der Waals surface area (Å²) in [6.45, 7) is 2.16. The Morgan fingerprint density at radius 2 is 2.04 bits per heavy atom. The molecule has 6 nitrogen and oxygen atoms in total. The van der Waals surface area contributed by atoms with E-state index in [-0.39, 0.29) is 5.91 Å². The predicted molar refractivity (Wildman–Crippen MR) is 106 cm³/mol. The van der Waals surface area contributed by atoms with Gasteiger partial charge in [0, 0.05) is 4.88 Å². The van der Waals surface area contributed by atoms with Gasteiger partial charge in [0.1, 0.15) is 28.8 Å². The van der Waals surface area contributed by atoms with E-state index in [2.05, 4.69) is 38.8 Å². The van der Waals surface area contributed by atoms with Crippen molar-refractivity contribution >= 4 is 33.3 Å². The van der Waals surface area contributed by atoms with Crippen LogP contribution in [-0.4, -0.2) is 21.9 Å². The Balaban J connectivity index is 1.51. The van der Waals surface area contributed by atoms with E-state index in [1.165, 1.54) is 6.33 Å². The molecule has 0 aliphatic heterocycles. The molecule has 1 atom stereocenters. The van der Waals surface area contributed by atoms with Crippen LogP contribution >= 0.6 is 11.3 Å². The van der Waals surface area contributed by atoms with Gasteiger partial charge in [0.05, 0.1) is 18.2 Å². The number of furan rings is 1. The molecule has 0 aliphatic rings. The number of carbonyl (C=O) groups excluding carboxylic acids is 1. The van der Waals surface area contributed by atoms with Crippen LogP contribution in [0.1, 0.15) is 12.7 Å². The Hall–Kier alpha value is -3.19. The molecule has 0 fully saturated rings. The summed E-state index contributed by atoms with van der Waals surface area (Å²) in [7, 11) is 0. The molecule has 7 heteroatoms. The zero-order valence-electron chi connectivity index (χ0n) is 14.7. The topological polar surface area (TPSA) is 80.0 Å². The highest BCUT2D eigenvalue weighted by molar-refractivity contribution is 7.21. The zero-order valence-corrected chi connectivity index (χ0v) is 15.5. The Morgan fingerprint density at radius 1 is 1.19 bits per heavy atom. The van der Waals surface area contributed by atoms with Crippen molar-refractivity contribution < 1.29 is 9.21 Å². The summed E-state index contributed by atoms with van der Waals surface area (Å²) >= 11 is 1.60. The summed E-state index contributed by atoms with van der Waals surface area (Å²) in [5.41, 5.74) is 1.13. The SMILES string of the molecule is CC(Nc1ncnc2sc(-c3ccccc3)cc12)C(=O)NCc1ccco1. The Labute approximate surface area is 160 Å². The van der Waals surface area contributed by atoms with Crippen LogP contribution in [0.3, 0.4) is 0 Å². The molecule has 136 valence electrons. The average molecular weight is 378 g/mol. The van der Waals surface area contributed by atoms with Crippen LogP contribution < -0.4 is 10.6 Å². The molecular weight excluding hydrogens is 360 g/mol. The highest BCUT2D eigenvalue weighted by Gasteiger charge is 2.16. The van der Waals surface area contributed by atoms with Crippen molar-refractivity contribution in [2.24, 2.45) is 0 Å². The highest BCUT2D eigenvalue weighted by atomic mass is 32.1. The number of rotatable bonds is 6. The summed E-state index contributed by atoms with van der Waals surface area (Å²) in [6.07, 6.45) is 3.10. The molecule has 1 unspecified atom stereocenters. The maximum Gasteiger partial charge on any atom is 0.242 e. The first-order chi connectivity index (χ1) is 13.2. The van der Waals surface area contributed by atoms with Crippen molar-refractivity contribution in [1.82, 2.24) is 15.3 Å². The van der Waals surface area contributed by atoms with Crippen molar-refractivity contribution in [1.29, 1.82) is 0 Å². The van der Waals surface area contributed by atoms with Crippen molar-refractivity contribution in [3.63, 3.8) is 0 Å². The smallest absolute Gasteiger partial charge is 0.242 e. The molecule has 4 aromatic rings. The second kappa shape index (κ2) is 7.59. The first-order valence-corrected chi connectivity index (χ1v) is 9.39. The van der Waals surface area contributed by atoms with E-state index < -0.39 is 6.04 Å². The molecule has 0 radical (unpaired) electrons. The number of fused-ring (bicyclic) bond motifs is 1. The van der Waals surface area contributed by atoms with Crippen LogP contribution in [0.25, 0.3) is 20.7 Å². The minimum absolute atomic E-state index is 0.128. The Bertz CT molecular complexity index is 1040. The average Bonchev–Trinajstić information content (AvgIpc) is 3.37. The van der Waals surface area contributed by atoms with Crippen LogP contribution in [0.2, 0.25) is 0 Å². The first-order valence-electron chi connectivity index (χ1n) is 8.57. The number of anilines is 1. The third-order valence-electron chi connectivity index (χ3n) is 4.15. The van der Waals surface area contributed by atoms with Gasteiger partial charge in [0.15, 0.2) is 0 Å². The molecule has 0 saturated heterocycles. The van der Waals surface area contributed by atoms with Crippen LogP contribution in [-0.2, 0) is 11.3 Å². The molecule has 0 aliphatic carbocycles. The van der Waals surface area contributed by atoms with E-state index in [0.29, 0.717) is 18.1 Å². The standard InChI is InChI=1S/C20H18N4O2S/c1-13(19(25)21-11-15-8-5-9-26-15)24-18-16-10-17(14-6-3-2-4-7-14)27-20(16)23-12-22-18/h2-10,12-13H,11H2,1H3,(H,21,25)(H,22,23,24). The number of benzene rings is 1.